The number of carbonyl (C=O) groups excluding carboxylic acids is 1. The van der Waals surface area contributed by atoms with Crippen molar-refractivity contribution in [3.63, 3.8) is 0 Å². The number of aryl methyl sites for hydroxylation is 1. The van der Waals surface area contributed by atoms with Crippen LogP contribution in [0.3, 0.4) is 0 Å². The van der Waals surface area contributed by atoms with Crippen LogP contribution >= 0.6 is 0 Å². The number of nitrogens with one attached hydrogen (secondary N) is 1. The maximum Gasteiger partial charge on any atom is 0.237 e. The van der Waals surface area contributed by atoms with Crippen molar-refractivity contribution in [3.05, 3.63) is 23.9 Å². The molecule has 21 heavy (non-hydrogen) atoms. The molecule has 1 spiro atoms. The molecule has 113 valence electrons. The van der Waals surface area contributed by atoms with Crippen LogP contribution < -0.4 is 10.2 Å². The smallest absolute Gasteiger partial charge is 0.237 e. The second-order valence-electron chi connectivity index (χ2n) is 4.98. The molecule has 2 fully saturated rings. The van der Waals surface area contributed by atoms with Gasteiger partial charge in [-0.2, -0.15) is 6.07 Å². The van der Waals surface area contributed by atoms with Crippen molar-refractivity contribution in [1.29, 1.82) is 0 Å². The van der Waals surface area contributed by atoms with Crippen molar-refractivity contribution in [1.82, 2.24) is 10.3 Å². The van der Waals surface area contributed by atoms with Crippen LogP contribution in [-0.4, -0.2) is 44.5 Å². The van der Waals surface area contributed by atoms with Gasteiger partial charge in [0.2, 0.25) is 5.91 Å². The number of hydrogen-bond donors (Lipinski definition) is 2. The van der Waals surface area contributed by atoms with E-state index >= 15 is 0 Å². The van der Waals surface area contributed by atoms with E-state index in [0.29, 0.717) is 6.54 Å². The van der Waals surface area contributed by atoms with Crippen LogP contribution in [0.2, 0.25) is 0 Å². The fourth-order valence-corrected chi connectivity index (χ4v) is 2.14. The maximum absolute atomic E-state index is 12.2. The Balaban J connectivity index is 0.000000397. The van der Waals surface area contributed by atoms with E-state index in [0.717, 1.165) is 30.8 Å². The third kappa shape index (κ3) is 4.89. The minimum absolute atomic E-state index is 0. The number of amides is 1. The molecule has 1 atom stereocenters. The number of aromatic nitrogens is 1. The number of carbonyl (C=O) groups is 1. The van der Waals surface area contributed by atoms with Crippen LogP contribution in [0, 0.1) is 13.0 Å². The molecule has 1 aromatic rings. The number of anilines is 1. The van der Waals surface area contributed by atoms with Crippen LogP contribution in [0.15, 0.2) is 12.3 Å². The third-order valence-corrected chi connectivity index (χ3v) is 3.30. The van der Waals surface area contributed by atoms with Crippen molar-refractivity contribution in [3.8, 4) is 0 Å². The van der Waals surface area contributed by atoms with Crippen LogP contribution in [0.1, 0.15) is 18.4 Å². The maximum atomic E-state index is 12.2. The van der Waals surface area contributed by atoms with E-state index in [1.54, 1.807) is 17.2 Å². The summed E-state index contributed by atoms with van der Waals surface area (Å²) in [6, 6.07) is 4.89. The van der Waals surface area contributed by atoms with E-state index in [9.17, 15) is 4.79 Å². The molecule has 8 heteroatoms. The Morgan fingerprint density at radius 3 is 2.62 bits per heavy atom. The molecule has 1 aliphatic carbocycles. The zero-order valence-corrected chi connectivity index (χ0v) is 15.8. The topological polar surface area (TPSA) is 82.5 Å². The van der Waals surface area contributed by atoms with Crippen molar-refractivity contribution in [2.24, 2.45) is 0 Å². The van der Waals surface area contributed by atoms with E-state index in [4.69, 9.17) is 8.76 Å². The van der Waals surface area contributed by atoms with E-state index in [2.05, 4.69) is 16.4 Å². The van der Waals surface area contributed by atoms with Gasteiger partial charge in [-0.1, -0.05) is 13.1 Å². The van der Waals surface area contributed by atoms with E-state index in [-0.39, 0.29) is 44.2 Å². The first-order chi connectivity index (χ1) is 9.44. The quantitative estimate of drug-likeness (QED) is 0.543. The summed E-state index contributed by atoms with van der Waals surface area (Å²) < 4.78 is 16.6. The molecule has 1 saturated heterocycles. The predicted octanol–water partition coefficient (Wildman–Crippen LogP) is 0.494. The van der Waals surface area contributed by atoms with Gasteiger partial charge in [0.25, 0.3) is 0 Å². The Kier molecular flexibility index (Phi) is 7.07. The molecule has 0 bridgehead atoms. The second kappa shape index (κ2) is 7.88. The van der Waals surface area contributed by atoms with Crippen LogP contribution in [0.5, 0.6) is 0 Å². The van der Waals surface area contributed by atoms with Gasteiger partial charge in [-0.15, -0.1) is 11.6 Å². The molecule has 2 aliphatic rings. The van der Waals surface area contributed by atoms with Gasteiger partial charge in [0.1, 0.15) is 11.1 Å². The number of nitrogens with zero attached hydrogens (tertiary/aromatic N) is 2. The second-order valence-corrected chi connectivity index (χ2v) is 5.83. The summed E-state index contributed by atoms with van der Waals surface area (Å²) in [5.74, 6) is 0.895. The third-order valence-electron chi connectivity index (χ3n) is 3.30. The Hall–Kier alpha value is -0.206. The number of rotatable bonds is 1. The number of piperazine rings is 1. The van der Waals surface area contributed by atoms with Gasteiger partial charge in [-0.05, 0) is 12.8 Å². The molecule has 0 aromatic carbocycles. The van der Waals surface area contributed by atoms with E-state index in [1.807, 2.05) is 6.92 Å². The fourth-order valence-electron chi connectivity index (χ4n) is 2.14. The molecule has 1 amide bonds. The summed E-state index contributed by atoms with van der Waals surface area (Å²) in [5, 5.41) is 3.30. The van der Waals surface area contributed by atoms with Gasteiger partial charge in [-0.25, -0.2) is 4.21 Å². The molecule has 2 heterocycles. The summed E-state index contributed by atoms with van der Waals surface area (Å²) in [4.78, 5) is 18.3. The van der Waals surface area contributed by atoms with Crippen LogP contribution in [0.4, 0.5) is 5.82 Å². The Bertz CT molecular complexity index is 516. The fraction of sp³-hybridized carbons (Fsp3) is 0.538. The van der Waals surface area contributed by atoms with Gasteiger partial charge >= 0.3 is 0 Å². The molecule has 2 N–H and O–H groups in total. The largest absolute Gasteiger partial charge is 0.367 e. The zero-order chi connectivity index (χ0) is 14.8. The molecule has 1 unspecified atom stereocenters. The average molecular weight is 385 g/mol. The minimum atomic E-state index is -1.61. The van der Waals surface area contributed by atoms with Crippen molar-refractivity contribution >= 4 is 22.8 Å². The Labute approximate surface area is 152 Å². The molecule has 3 rings (SSSR count). The SMILES string of the molecule is CS(=O)O.Cc1[c-]cc(N2CCNC3(CC3)C2=O)nc1.[Y]. The predicted molar refractivity (Wildman–Crippen MR) is 76.8 cm³/mol. The Morgan fingerprint density at radius 2 is 2.14 bits per heavy atom. The summed E-state index contributed by atoms with van der Waals surface area (Å²) >= 11 is -1.61. The summed E-state index contributed by atoms with van der Waals surface area (Å²) in [6.45, 7) is 3.49. The molecule has 1 saturated carbocycles. The first kappa shape index (κ1) is 18.8. The van der Waals surface area contributed by atoms with Crippen molar-refractivity contribution in [2.75, 3.05) is 24.2 Å². The minimum Gasteiger partial charge on any atom is -0.367 e. The number of hydrogen-bond acceptors (Lipinski definition) is 4. The monoisotopic (exact) mass is 385 g/mol. The van der Waals surface area contributed by atoms with Gasteiger partial charge in [0, 0.05) is 57.9 Å². The Morgan fingerprint density at radius 1 is 1.52 bits per heavy atom. The van der Waals surface area contributed by atoms with Crippen molar-refractivity contribution < 1.29 is 46.3 Å². The molecular weight excluding hydrogens is 367 g/mol. The molecule has 6 nitrogen and oxygen atoms in total. The van der Waals surface area contributed by atoms with E-state index in [1.165, 1.54) is 6.26 Å². The standard InChI is InChI=1S/C12H14N3O.CH4O2S.Y/c1-9-2-3-10(13-8-9)15-7-6-14-12(4-5-12)11(15)16;1-4(2)3;/h3,8,14H,4-7H2,1H3;1H3,(H,2,3);/q-1;;. The summed E-state index contributed by atoms with van der Waals surface area (Å²) in [6.07, 6.45) is 4.86. The van der Waals surface area contributed by atoms with Gasteiger partial charge in [-0.3, -0.25) is 4.79 Å². The normalized spacial score (nSPS) is 20.1. The van der Waals surface area contributed by atoms with Gasteiger partial charge in [0.15, 0.2) is 0 Å². The number of pyridine rings is 1. The molecule has 1 aliphatic heterocycles. The summed E-state index contributed by atoms with van der Waals surface area (Å²) in [5.41, 5.74) is 0.734. The van der Waals surface area contributed by atoms with Crippen LogP contribution in [0.25, 0.3) is 0 Å². The van der Waals surface area contributed by atoms with Gasteiger partial charge in [0.05, 0.1) is 5.54 Å². The van der Waals surface area contributed by atoms with Crippen molar-refractivity contribution in [2.45, 2.75) is 25.3 Å². The first-order valence-electron chi connectivity index (χ1n) is 6.38. The first-order valence-corrected chi connectivity index (χ1v) is 7.90. The van der Waals surface area contributed by atoms with Crippen LogP contribution in [-0.2, 0) is 48.6 Å². The zero-order valence-electron chi connectivity index (χ0n) is 12.1. The average Bonchev–Trinajstić information content (AvgIpc) is 3.15. The molecular formula is C13H18N3O3SY-. The van der Waals surface area contributed by atoms with E-state index < -0.39 is 11.1 Å². The molecule has 1 radical (unpaired) electrons. The summed E-state index contributed by atoms with van der Waals surface area (Å²) in [7, 11) is 0. The molecule has 1 aromatic heterocycles. The van der Waals surface area contributed by atoms with Gasteiger partial charge < -0.3 is 19.8 Å².